The first-order chi connectivity index (χ1) is 13.3. The molecule has 1 aliphatic rings. The Morgan fingerprint density at radius 1 is 0.963 bits per heavy atom. The van der Waals surface area contributed by atoms with Gasteiger partial charge in [0.15, 0.2) is 0 Å². The molecule has 0 aromatic heterocycles. The fourth-order valence-electron chi connectivity index (χ4n) is 3.86. The van der Waals surface area contributed by atoms with Crippen molar-refractivity contribution >= 4 is 5.97 Å². The highest BCUT2D eigenvalue weighted by Crippen LogP contribution is 2.19. The molecule has 0 aliphatic carbocycles. The second kappa shape index (κ2) is 13.6. The van der Waals surface area contributed by atoms with Gasteiger partial charge in [0, 0.05) is 0 Å². The Bertz CT molecular complexity index is 506. The van der Waals surface area contributed by atoms with Crippen molar-refractivity contribution in [3.63, 3.8) is 0 Å². The maximum Gasteiger partial charge on any atom is 0.323 e. The van der Waals surface area contributed by atoms with Gasteiger partial charge in [0.05, 0.1) is 13.7 Å². The summed E-state index contributed by atoms with van der Waals surface area (Å²) in [5.41, 5.74) is 0. The largest absolute Gasteiger partial charge is 0.494 e. The molecule has 1 atom stereocenters. The van der Waals surface area contributed by atoms with E-state index in [1.54, 1.807) is 0 Å². The number of unbranched alkanes of at least 4 members (excludes halogenated alkanes) is 8. The highest BCUT2D eigenvalue weighted by molar-refractivity contribution is 5.75. The lowest BCUT2D eigenvalue weighted by atomic mass is 10.1. The number of ether oxygens (including phenoxy) is 2. The Kier molecular flexibility index (Phi) is 10.9. The van der Waals surface area contributed by atoms with E-state index >= 15 is 0 Å². The predicted octanol–water partition coefficient (Wildman–Crippen LogP) is 5.21. The summed E-state index contributed by atoms with van der Waals surface area (Å²) >= 11 is 0. The van der Waals surface area contributed by atoms with Crippen molar-refractivity contribution in [2.45, 2.75) is 76.7 Å². The van der Waals surface area contributed by atoms with Crippen LogP contribution in [0.1, 0.15) is 70.6 Å². The summed E-state index contributed by atoms with van der Waals surface area (Å²) in [6, 6.07) is 10.1. The monoisotopic (exact) mass is 375 g/mol. The fraction of sp³-hybridized carbons (Fsp3) is 0.696. The van der Waals surface area contributed by atoms with Gasteiger partial charge in [-0.15, -0.1) is 0 Å². The van der Waals surface area contributed by atoms with E-state index in [-0.39, 0.29) is 12.0 Å². The minimum atomic E-state index is -0.0540. The van der Waals surface area contributed by atoms with Crippen LogP contribution in [0.3, 0.4) is 0 Å². The first-order valence-electron chi connectivity index (χ1n) is 10.8. The third kappa shape index (κ3) is 8.79. The number of hydrogen-bond donors (Lipinski definition) is 0. The third-order valence-corrected chi connectivity index (χ3v) is 5.44. The highest BCUT2D eigenvalue weighted by Gasteiger charge is 2.30. The Morgan fingerprint density at radius 3 is 2.26 bits per heavy atom. The van der Waals surface area contributed by atoms with Crippen LogP contribution >= 0.6 is 0 Å². The van der Waals surface area contributed by atoms with Crippen molar-refractivity contribution in [1.29, 1.82) is 0 Å². The van der Waals surface area contributed by atoms with Crippen LogP contribution in [0.15, 0.2) is 30.3 Å². The number of methoxy groups -OCH3 is 1. The zero-order valence-corrected chi connectivity index (χ0v) is 17.0. The summed E-state index contributed by atoms with van der Waals surface area (Å²) in [5, 5.41) is 0. The number of carbonyl (C=O) groups excluding carboxylic acids is 1. The number of rotatable bonds is 14. The smallest absolute Gasteiger partial charge is 0.323 e. The molecular weight excluding hydrogens is 338 g/mol. The molecule has 1 aliphatic heterocycles. The lowest BCUT2D eigenvalue weighted by molar-refractivity contribution is -0.145. The molecule has 1 aromatic carbocycles. The Balaban J connectivity index is 1.35. The molecular formula is C23H37NO3. The molecule has 4 heteroatoms. The number of para-hydroxylation sites is 1. The topological polar surface area (TPSA) is 38.8 Å². The minimum absolute atomic E-state index is 0.0147. The van der Waals surface area contributed by atoms with E-state index in [0.29, 0.717) is 0 Å². The molecule has 1 saturated heterocycles. The summed E-state index contributed by atoms with van der Waals surface area (Å²) in [7, 11) is 1.50. The quantitative estimate of drug-likeness (QED) is 0.330. The molecule has 0 radical (unpaired) electrons. The summed E-state index contributed by atoms with van der Waals surface area (Å²) in [6.07, 6.45) is 13.6. The van der Waals surface area contributed by atoms with Gasteiger partial charge in [0.2, 0.25) is 0 Å². The number of likely N-dealkylation sites (tertiary alicyclic amines) is 1. The number of carbonyl (C=O) groups is 1. The SMILES string of the molecule is COC(=O)[C@@H]1CCCN1CCCCCCCCCCCOc1ccccc1. The number of hydrogen-bond acceptors (Lipinski definition) is 4. The zero-order chi connectivity index (χ0) is 19.2. The molecule has 152 valence electrons. The number of benzene rings is 1. The van der Waals surface area contributed by atoms with Crippen molar-refractivity contribution in [2.75, 3.05) is 26.8 Å². The fourth-order valence-corrected chi connectivity index (χ4v) is 3.86. The summed E-state index contributed by atoms with van der Waals surface area (Å²) < 4.78 is 10.6. The van der Waals surface area contributed by atoms with Crippen molar-refractivity contribution < 1.29 is 14.3 Å². The van der Waals surface area contributed by atoms with Gasteiger partial charge in [-0.1, -0.05) is 63.1 Å². The standard InChI is InChI=1S/C23H37NO3/c1-26-23(25)22-17-14-19-24(22)18-12-7-5-3-2-4-6-8-13-20-27-21-15-10-9-11-16-21/h9-11,15-16,22H,2-8,12-14,17-20H2,1H3/t22-/m0/s1. The second-order valence-electron chi connectivity index (χ2n) is 7.56. The van der Waals surface area contributed by atoms with Crippen molar-refractivity contribution in [3.05, 3.63) is 30.3 Å². The summed E-state index contributed by atoms with van der Waals surface area (Å²) in [6.45, 7) is 2.92. The van der Waals surface area contributed by atoms with Gasteiger partial charge in [0.25, 0.3) is 0 Å². The molecule has 4 nitrogen and oxygen atoms in total. The van der Waals surface area contributed by atoms with Crippen molar-refractivity contribution in [3.8, 4) is 5.75 Å². The van der Waals surface area contributed by atoms with Gasteiger partial charge in [-0.05, 0) is 50.9 Å². The van der Waals surface area contributed by atoms with Gasteiger partial charge in [-0.25, -0.2) is 0 Å². The first-order valence-corrected chi connectivity index (χ1v) is 10.8. The van der Waals surface area contributed by atoms with Crippen molar-refractivity contribution in [1.82, 2.24) is 4.90 Å². The van der Waals surface area contributed by atoms with Gasteiger partial charge in [0.1, 0.15) is 11.8 Å². The van der Waals surface area contributed by atoms with Crippen LogP contribution in [0.5, 0.6) is 5.75 Å². The average molecular weight is 376 g/mol. The number of nitrogens with zero attached hydrogens (tertiary/aromatic N) is 1. The van der Waals surface area contributed by atoms with Gasteiger partial charge >= 0.3 is 5.97 Å². The van der Waals surface area contributed by atoms with E-state index in [1.807, 2.05) is 30.3 Å². The van der Waals surface area contributed by atoms with Crippen LogP contribution in [0.25, 0.3) is 0 Å². The predicted molar refractivity (Wildman–Crippen MR) is 110 cm³/mol. The zero-order valence-electron chi connectivity index (χ0n) is 17.0. The normalized spacial score (nSPS) is 17.1. The summed E-state index contributed by atoms with van der Waals surface area (Å²) in [4.78, 5) is 14.0. The lowest BCUT2D eigenvalue weighted by Gasteiger charge is -2.22. The van der Waals surface area contributed by atoms with E-state index in [4.69, 9.17) is 9.47 Å². The van der Waals surface area contributed by atoms with E-state index < -0.39 is 0 Å². The average Bonchev–Trinajstić information content (AvgIpc) is 3.17. The Morgan fingerprint density at radius 2 is 1.59 bits per heavy atom. The molecule has 1 heterocycles. The molecule has 0 saturated carbocycles. The van der Waals surface area contributed by atoms with E-state index in [2.05, 4.69) is 4.90 Å². The molecule has 27 heavy (non-hydrogen) atoms. The molecule has 0 bridgehead atoms. The molecule has 1 fully saturated rings. The van der Waals surface area contributed by atoms with Gasteiger partial charge < -0.3 is 9.47 Å². The molecule has 0 amide bonds. The molecule has 0 unspecified atom stereocenters. The van der Waals surface area contributed by atoms with Crippen LogP contribution in [0, 0.1) is 0 Å². The molecule has 0 N–H and O–H groups in total. The third-order valence-electron chi connectivity index (χ3n) is 5.44. The lowest BCUT2D eigenvalue weighted by Crippen LogP contribution is -2.37. The van der Waals surface area contributed by atoms with E-state index in [0.717, 1.165) is 44.7 Å². The minimum Gasteiger partial charge on any atom is -0.494 e. The molecule has 2 rings (SSSR count). The maximum absolute atomic E-state index is 11.7. The van der Waals surface area contributed by atoms with Crippen LogP contribution in [-0.2, 0) is 9.53 Å². The van der Waals surface area contributed by atoms with Gasteiger partial charge in [-0.2, -0.15) is 0 Å². The van der Waals surface area contributed by atoms with Crippen LogP contribution in [0.2, 0.25) is 0 Å². The van der Waals surface area contributed by atoms with Crippen LogP contribution in [-0.4, -0.2) is 43.7 Å². The first kappa shape index (κ1) is 21.7. The molecule has 1 aromatic rings. The van der Waals surface area contributed by atoms with E-state index in [1.165, 1.54) is 58.5 Å². The summed E-state index contributed by atoms with van der Waals surface area (Å²) in [5.74, 6) is 0.922. The Hall–Kier alpha value is -1.55. The van der Waals surface area contributed by atoms with Gasteiger partial charge in [-0.3, -0.25) is 9.69 Å². The van der Waals surface area contributed by atoms with E-state index in [9.17, 15) is 4.79 Å². The Labute approximate surface area is 165 Å². The maximum atomic E-state index is 11.7. The highest BCUT2D eigenvalue weighted by atomic mass is 16.5. The molecule has 0 spiro atoms. The van der Waals surface area contributed by atoms with Crippen LogP contribution in [0.4, 0.5) is 0 Å². The van der Waals surface area contributed by atoms with Crippen LogP contribution < -0.4 is 4.74 Å². The number of esters is 1. The van der Waals surface area contributed by atoms with Crippen molar-refractivity contribution in [2.24, 2.45) is 0 Å². The second-order valence-corrected chi connectivity index (χ2v) is 7.56.